The molecule has 0 atom stereocenters. The zero-order chi connectivity index (χ0) is 16.9. The molecule has 1 aromatic carbocycles. The van der Waals surface area contributed by atoms with Gasteiger partial charge in [0, 0.05) is 30.4 Å². The Bertz CT molecular complexity index is 638. The van der Waals surface area contributed by atoms with Crippen LogP contribution in [0.3, 0.4) is 0 Å². The van der Waals surface area contributed by atoms with Crippen LogP contribution in [0.25, 0.3) is 0 Å². The van der Waals surface area contributed by atoms with Crippen molar-refractivity contribution < 1.29 is 13.2 Å². The van der Waals surface area contributed by atoms with E-state index < -0.39 is 10.0 Å². The number of amides is 1. The van der Waals surface area contributed by atoms with E-state index in [1.165, 1.54) is 0 Å². The first kappa shape index (κ1) is 17.7. The average molecular weight is 339 g/mol. The van der Waals surface area contributed by atoms with Gasteiger partial charge in [0.25, 0.3) is 5.91 Å². The van der Waals surface area contributed by atoms with Crippen molar-refractivity contribution in [3.05, 3.63) is 29.8 Å². The third-order valence-electron chi connectivity index (χ3n) is 3.89. The van der Waals surface area contributed by atoms with Crippen molar-refractivity contribution in [1.29, 1.82) is 0 Å². The molecule has 1 aromatic rings. The molecule has 0 unspecified atom stereocenters. The summed E-state index contributed by atoms with van der Waals surface area (Å²) in [6.45, 7) is 5.30. The fraction of sp³-hybridized carbons (Fsp3) is 0.562. The molecule has 0 aromatic heterocycles. The van der Waals surface area contributed by atoms with Crippen LogP contribution in [0.2, 0.25) is 0 Å². The average Bonchev–Trinajstić information content (AvgIpc) is 2.48. The number of hydrogen-bond donors (Lipinski definition) is 2. The Labute approximate surface area is 138 Å². The van der Waals surface area contributed by atoms with Gasteiger partial charge in [0.2, 0.25) is 10.0 Å². The standard InChI is InChI=1S/C16H25N3O3S/c1-3-9-19-10-7-14(8-11-19)17-16(20)13-5-4-6-15(12-13)18-23(2,21)22/h4-6,12,14,18H,3,7-11H2,1-2H3,(H,17,20). The highest BCUT2D eigenvalue weighted by Crippen LogP contribution is 2.14. The number of likely N-dealkylation sites (tertiary alicyclic amines) is 1. The molecule has 0 bridgehead atoms. The minimum Gasteiger partial charge on any atom is -0.349 e. The van der Waals surface area contributed by atoms with Gasteiger partial charge in [-0.3, -0.25) is 9.52 Å². The van der Waals surface area contributed by atoms with Gasteiger partial charge < -0.3 is 10.2 Å². The predicted octanol–water partition coefficient (Wildman–Crippen LogP) is 1.66. The molecule has 1 fully saturated rings. The Morgan fingerprint density at radius 2 is 2.00 bits per heavy atom. The van der Waals surface area contributed by atoms with Crippen molar-refractivity contribution in [2.24, 2.45) is 0 Å². The molecule has 0 saturated carbocycles. The second kappa shape index (κ2) is 7.79. The number of hydrogen-bond acceptors (Lipinski definition) is 4. The Kier molecular flexibility index (Phi) is 6.01. The molecule has 23 heavy (non-hydrogen) atoms. The Morgan fingerprint density at radius 1 is 1.30 bits per heavy atom. The van der Waals surface area contributed by atoms with E-state index in [9.17, 15) is 13.2 Å². The summed E-state index contributed by atoms with van der Waals surface area (Å²) in [6, 6.07) is 6.73. The molecule has 128 valence electrons. The molecule has 2 rings (SSSR count). The monoisotopic (exact) mass is 339 g/mol. The van der Waals surface area contributed by atoms with Crippen LogP contribution in [-0.2, 0) is 10.0 Å². The Morgan fingerprint density at radius 3 is 2.61 bits per heavy atom. The van der Waals surface area contributed by atoms with Crippen molar-refractivity contribution in [1.82, 2.24) is 10.2 Å². The lowest BCUT2D eigenvalue weighted by atomic mass is 10.0. The lowest BCUT2D eigenvalue weighted by Crippen LogP contribution is -2.44. The third kappa shape index (κ3) is 5.84. The molecular weight excluding hydrogens is 314 g/mol. The molecule has 1 heterocycles. The van der Waals surface area contributed by atoms with Crippen molar-refractivity contribution in [3.63, 3.8) is 0 Å². The predicted molar refractivity (Wildman–Crippen MR) is 92.1 cm³/mol. The summed E-state index contributed by atoms with van der Waals surface area (Å²) in [5.74, 6) is -0.156. The number of anilines is 1. The zero-order valence-corrected chi connectivity index (χ0v) is 14.5. The van der Waals surface area contributed by atoms with E-state index >= 15 is 0 Å². The second-order valence-electron chi connectivity index (χ2n) is 6.04. The van der Waals surface area contributed by atoms with Crippen LogP contribution in [0, 0.1) is 0 Å². The first-order chi connectivity index (χ1) is 10.9. The fourth-order valence-electron chi connectivity index (χ4n) is 2.82. The van der Waals surface area contributed by atoms with E-state index in [1.807, 2.05) is 0 Å². The number of benzene rings is 1. The molecule has 1 aliphatic heterocycles. The van der Waals surface area contributed by atoms with Crippen molar-refractivity contribution in [2.45, 2.75) is 32.2 Å². The summed E-state index contributed by atoms with van der Waals surface area (Å²) in [5.41, 5.74) is 0.868. The van der Waals surface area contributed by atoms with Crippen molar-refractivity contribution >= 4 is 21.6 Å². The van der Waals surface area contributed by atoms with Gasteiger partial charge in [-0.2, -0.15) is 0 Å². The smallest absolute Gasteiger partial charge is 0.251 e. The van der Waals surface area contributed by atoms with Crippen LogP contribution in [0.5, 0.6) is 0 Å². The zero-order valence-electron chi connectivity index (χ0n) is 13.7. The van der Waals surface area contributed by atoms with Gasteiger partial charge in [-0.25, -0.2) is 8.42 Å². The van der Waals surface area contributed by atoms with Crippen molar-refractivity contribution in [2.75, 3.05) is 30.6 Å². The molecule has 1 aliphatic rings. The fourth-order valence-corrected chi connectivity index (χ4v) is 3.38. The lowest BCUT2D eigenvalue weighted by molar-refractivity contribution is 0.0911. The van der Waals surface area contributed by atoms with Gasteiger partial charge in [-0.05, 0) is 44.0 Å². The maximum Gasteiger partial charge on any atom is 0.251 e. The molecular formula is C16H25N3O3S. The van der Waals surface area contributed by atoms with E-state index in [0.29, 0.717) is 11.3 Å². The largest absolute Gasteiger partial charge is 0.349 e. The molecule has 0 aliphatic carbocycles. The highest BCUT2D eigenvalue weighted by atomic mass is 32.2. The third-order valence-corrected chi connectivity index (χ3v) is 4.50. The van der Waals surface area contributed by atoms with Crippen LogP contribution >= 0.6 is 0 Å². The van der Waals surface area contributed by atoms with E-state index in [4.69, 9.17) is 0 Å². The maximum atomic E-state index is 12.3. The van der Waals surface area contributed by atoms with Crippen LogP contribution in [0.4, 0.5) is 5.69 Å². The van der Waals surface area contributed by atoms with Gasteiger partial charge in [-0.1, -0.05) is 13.0 Å². The van der Waals surface area contributed by atoms with E-state index in [-0.39, 0.29) is 11.9 Å². The maximum absolute atomic E-state index is 12.3. The molecule has 6 nitrogen and oxygen atoms in total. The van der Waals surface area contributed by atoms with E-state index in [2.05, 4.69) is 21.9 Å². The summed E-state index contributed by atoms with van der Waals surface area (Å²) < 4.78 is 24.9. The van der Waals surface area contributed by atoms with Crippen LogP contribution in [-0.4, -0.2) is 51.2 Å². The minimum atomic E-state index is -3.35. The topological polar surface area (TPSA) is 78.5 Å². The molecule has 2 N–H and O–H groups in total. The summed E-state index contributed by atoms with van der Waals surface area (Å²) in [5, 5.41) is 3.05. The number of nitrogens with one attached hydrogen (secondary N) is 2. The number of carbonyl (C=O) groups excluding carboxylic acids is 1. The highest BCUT2D eigenvalue weighted by molar-refractivity contribution is 7.92. The summed E-state index contributed by atoms with van der Waals surface area (Å²) in [4.78, 5) is 14.8. The Balaban J connectivity index is 1.92. The van der Waals surface area contributed by atoms with E-state index in [1.54, 1.807) is 24.3 Å². The van der Waals surface area contributed by atoms with Gasteiger partial charge in [0.05, 0.1) is 6.26 Å². The Hall–Kier alpha value is -1.60. The number of carbonyl (C=O) groups is 1. The highest BCUT2D eigenvalue weighted by Gasteiger charge is 2.20. The van der Waals surface area contributed by atoms with E-state index in [0.717, 1.165) is 45.2 Å². The number of sulfonamides is 1. The summed E-state index contributed by atoms with van der Waals surface area (Å²) in [6.07, 6.45) is 4.14. The lowest BCUT2D eigenvalue weighted by Gasteiger charge is -2.32. The normalized spacial score (nSPS) is 17.0. The minimum absolute atomic E-state index is 0.156. The number of rotatable bonds is 6. The molecule has 0 spiro atoms. The van der Waals surface area contributed by atoms with Gasteiger partial charge in [0.15, 0.2) is 0 Å². The first-order valence-electron chi connectivity index (χ1n) is 7.98. The van der Waals surface area contributed by atoms with Crippen molar-refractivity contribution in [3.8, 4) is 0 Å². The van der Waals surface area contributed by atoms with Gasteiger partial charge in [-0.15, -0.1) is 0 Å². The molecule has 1 saturated heterocycles. The van der Waals surface area contributed by atoms with Crippen LogP contribution < -0.4 is 10.0 Å². The summed E-state index contributed by atoms with van der Waals surface area (Å²) in [7, 11) is -3.35. The van der Waals surface area contributed by atoms with Crippen LogP contribution in [0.15, 0.2) is 24.3 Å². The second-order valence-corrected chi connectivity index (χ2v) is 7.79. The van der Waals surface area contributed by atoms with Crippen LogP contribution in [0.1, 0.15) is 36.5 Å². The van der Waals surface area contributed by atoms with Gasteiger partial charge in [0.1, 0.15) is 0 Å². The molecule has 0 radical (unpaired) electrons. The number of nitrogens with zero attached hydrogens (tertiary/aromatic N) is 1. The SMILES string of the molecule is CCCN1CCC(NC(=O)c2cccc(NS(C)(=O)=O)c2)CC1. The molecule has 1 amide bonds. The number of piperidine rings is 1. The quantitative estimate of drug-likeness (QED) is 0.826. The van der Waals surface area contributed by atoms with Gasteiger partial charge >= 0.3 is 0 Å². The first-order valence-corrected chi connectivity index (χ1v) is 9.87. The molecule has 7 heteroatoms. The summed E-state index contributed by atoms with van der Waals surface area (Å²) >= 11 is 0.